The number of carboxylic acids is 1. The molecule has 2 atom stereocenters. The highest BCUT2D eigenvalue weighted by atomic mass is 32.2. The number of carbonyl (C=O) groups excluding carboxylic acids is 2. The predicted octanol–water partition coefficient (Wildman–Crippen LogP) is -1.09. The van der Waals surface area contributed by atoms with Gasteiger partial charge in [0.05, 0.1) is 6.07 Å². The molecule has 0 aliphatic carbocycles. The van der Waals surface area contributed by atoms with E-state index in [0.29, 0.717) is 15.8 Å². The zero-order valence-corrected chi connectivity index (χ0v) is 14.4. The number of rotatable bonds is 5. The lowest BCUT2D eigenvalue weighted by Gasteiger charge is -2.49. The van der Waals surface area contributed by atoms with Crippen LogP contribution in [0.4, 0.5) is 0 Å². The van der Waals surface area contributed by atoms with Gasteiger partial charge in [-0.3, -0.25) is 14.5 Å². The molecule has 1 saturated heterocycles. The average molecular weight is 381 g/mol. The molecule has 0 radical (unpaired) electrons. The Morgan fingerprint density at radius 2 is 2.32 bits per heavy atom. The third-order valence-electron chi connectivity index (χ3n) is 3.49. The monoisotopic (exact) mass is 381 g/mol. The summed E-state index contributed by atoms with van der Waals surface area (Å²) < 4.78 is 1.40. The molecule has 11 nitrogen and oxygen atoms in total. The summed E-state index contributed by atoms with van der Waals surface area (Å²) >= 11 is 2.41. The number of β-lactam (4-membered cyclic amide) rings is 1. The van der Waals surface area contributed by atoms with Gasteiger partial charge in [0.2, 0.25) is 11.1 Å². The second-order valence-electron chi connectivity index (χ2n) is 5.05. The van der Waals surface area contributed by atoms with Crippen LogP contribution in [0.2, 0.25) is 0 Å². The first-order chi connectivity index (χ1) is 11.9. The number of hydrogen-bond donors (Lipinski definition) is 2. The number of fused-ring (bicyclic) bond motifs is 1. The normalized spacial score (nSPS) is 22.1. The van der Waals surface area contributed by atoms with E-state index in [1.54, 1.807) is 13.1 Å². The number of thioether (sulfide) groups is 2. The molecule has 3 heterocycles. The molecular formula is C12H11N7O4S2. The highest BCUT2D eigenvalue weighted by molar-refractivity contribution is 8.06. The Labute approximate surface area is 149 Å². The van der Waals surface area contributed by atoms with Crippen molar-refractivity contribution in [2.45, 2.75) is 23.0 Å². The summed E-state index contributed by atoms with van der Waals surface area (Å²) in [6.07, 6.45) is -0.358. The molecule has 2 aliphatic rings. The van der Waals surface area contributed by atoms with Gasteiger partial charge in [-0.15, -0.1) is 16.9 Å². The van der Waals surface area contributed by atoms with E-state index < -0.39 is 29.2 Å². The van der Waals surface area contributed by atoms with Crippen LogP contribution in [0.25, 0.3) is 0 Å². The Bertz CT molecular complexity index is 830. The summed E-state index contributed by atoms with van der Waals surface area (Å²) in [5.41, 5.74) is -0.132. The average Bonchev–Trinajstić information content (AvgIpc) is 2.97. The molecule has 0 saturated carbocycles. The van der Waals surface area contributed by atoms with Crippen LogP contribution >= 0.6 is 23.5 Å². The van der Waals surface area contributed by atoms with Crippen LogP contribution in [0.15, 0.2) is 15.8 Å². The highest BCUT2D eigenvalue weighted by Gasteiger charge is 2.54. The molecule has 0 spiro atoms. The number of hydrogen-bond acceptors (Lipinski definition) is 9. The van der Waals surface area contributed by atoms with Crippen molar-refractivity contribution in [1.29, 1.82) is 5.26 Å². The van der Waals surface area contributed by atoms with Gasteiger partial charge in [-0.25, -0.2) is 9.48 Å². The van der Waals surface area contributed by atoms with E-state index in [4.69, 9.17) is 5.26 Å². The van der Waals surface area contributed by atoms with Crippen molar-refractivity contribution in [2.75, 3.05) is 5.75 Å². The lowest BCUT2D eigenvalue weighted by Crippen LogP contribution is -2.70. The van der Waals surface area contributed by atoms with Gasteiger partial charge < -0.3 is 10.4 Å². The second-order valence-corrected chi connectivity index (χ2v) is 7.22. The smallest absolute Gasteiger partial charge is 0.353 e. The Morgan fingerprint density at radius 3 is 2.92 bits per heavy atom. The summed E-state index contributed by atoms with van der Waals surface area (Å²) in [6.45, 7) is 0. The Morgan fingerprint density at radius 1 is 1.56 bits per heavy atom. The topological polar surface area (TPSA) is 154 Å². The van der Waals surface area contributed by atoms with Crippen LogP contribution in [0.1, 0.15) is 6.42 Å². The number of tetrazole rings is 1. The molecule has 1 aromatic heterocycles. The van der Waals surface area contributed by atoms with Crippen molar-refractivity contribution in [3.05, 3.63) is 10.6 Å². The highest BCUT2D eigenvalue weighted by Crippen LogP contribution is 2.44. The first-order valence-corrected chi connectivity index (χ1v) is 8.78. The molecule has 130 valence electrons. The molecule has 13 heteroatoms. The number of carboxylic acid groups (broad SMARTS) is 1. The van der Waals surface area contributed by atoms with Gasteiger partial charge in [-0.2, -0.15) is 5.26 Å². The number of amides is 2. The van der Waals surface area contributed by atoms with E-state index in [0.717, 1.165) is 16.7 Å². The molecule has 0 unspecified atom stereocenters. The molecular weight excluding hydrogens is 370 g/mol. The zero-order chi connectivity index (χ0) is 18.1. The van der Waals surface area contributed by atoms with Crippen molar-refractivity contribution in [1.82, 2.24) is 30.4 Å². The third-order valence-corrected chi connectivity index (χ3v) is 6.06. The zero-order valence-electron chi connectivity index (χ0n) is 12.7. The minimum atomic E-state index is -1.24. The summed E-state index contributed by atoms with van der Waals surface area (Å²) in [4.78, 5) is 37.1. The first kappa shape index (κ1) is 17.2. The molecule has 1 aromatic rings. The minimum absolute atomic E-state index is 0.132. The molecule has 0 bridgehead atoms. The van der Waals surface area contributed by atoms with Crippen molar-refractivity contribution >= 4 is 41.3 Å². The molecule has 2 amide bonds. The number of aliphatic carboxylic acids is 1. The van der Waals surface area contributed by atoms with E-state index in [1.807, 2.05) is 0 Å². The number of nitriles is 1. The van der Waals surface area contributed by atoms with E-state index in [2.05, 4.69) is 20.8 Å². The third kappa shape index (κ3) is 3.05. The van der Waals surface area contributed by atoms with Gasteiger partial charge in [0, 0.05) is 17.7 Å². The molecule has 3 rings (SSSR count). The summed E-state index contributed by atoms with van der Waals surface area (Å²) in [6, 6.07) is 0.870. The largest absolute Gasteiger partial charge is 0.477 e. The number of carbonyl (C=O) groups is 3. The first-order valence-electron chi connectivity index (χ1n) is 6.91. The maximum absolute atomic E-state index is 12.3. The summed E-state index contributed by atoms with van der Waals surface area (Å²) in [5.74, 6) is -1.99. The summed E-state index contributed by atoms with van der Waals surface area (Å²) in [5, 5.41) is 31.4. The standard InChI is InChI=1S/C12H11N7O4S2/c1-18-12(15-16-17-18)25-5-4-24-10-7(14-6(20)2-3-13)9(21)19(10)8(5)11(22)23/h7,10H,2,4H2,1H3,(H,14,20)(H,22,23)/t7-,10-/m1/s1. The van der Waals surface area contributed by atoms with Crippen LogP contribution in [0.3, 0.4) is 0 Å². The lowest BCUT2D eigenvalue weighted by atomic mass is 10.0. The lowest BCUT2D eigenvalue weighted by molar-refractivity contribution is -0.150. The van der Waals surface area contributed by atoms with Gasteiger partial charge in [-0.1, -0.05) is 0 Å². The van der Waals surface area contributed by atoms with Gasteiger partial charge in [-0.05, 0) is 22.2 Å². The number of aryl methyl sites for hydroxylation is 1. The van der Waals surface area contributed by atoms with Crippen LogP contribution in [0.5, 0.6) is 0 Å². The van der Waals surface area contributed by atoms with Crippen molar-refractivity contribution in [2.24, 2.45) is 7.05 Å². The van der Waals surface area contributed by atoms with Crippen molar-refractivity contribution in [3.63, 3.8) is 0 Å². The van der Waals surface area contributed by atoms with Crippen molar-refractivity contribution in [3.8, 4) is 6.07 Å². The fourth-order valence-corrected chi connectivity index (χ4v) is 4.77. The Kier molecular flexibility index (Phi) is 4.64. The quantitative estimate of drug-likeness (QED) is 0.601. The fourth-order valence-electron chi connectivity index (χ4n) is 2.38. The number of nitrogens with one attached hydrogen (secondary N) is 1. The van der Waals surface area contributed by atoms with E-state index in [9.17, 15) is 19.5 Å². The van der Waals surface area contributed by atoms with Gasteiger partial charge in [0.1, 0.15) is 23.5 Å². The molecule has 2 aliphatic heterocycles. The van der Waals surface area contributed by atoms with E-state index in [1.165, 1.54) is 16.4 Å². The van der Waals surface area contributed by atoms with E-state index in [-0.39, 0.29) is 12.1 Å². The van der Waals surface area contributed by atoms with Crippen molar-refractivity contribution < 1.29 is 19.5 Å². The van der Waals surface area contributed by atoms with E-state index >= 15 is 0 Å². The SMILES string of the molecule is Cn1nnnc1SC1=C(C(=O)O)N2C(=O)[C@@H](NC(=O)CC#N)[C@H]2SC1. The van der Waals surface area contributed by atoms with Crippen LogP contribution in [-0.2, 0) is 21.4 Å². The minimum Gasteiger partial charge on any atom is -0.477 e. The number of aromatic nitrogens is 4. The predicted molar refractivity (Wildman–Crippen MR) is 84.6 cm³/mol. The fraction of sp³-hybridized carbons (Fsp3) is 0.417. The van der Waals surface area contributed by atoms with Crippen LogP contribution in [0, 0.1) is 11.3 Å². The number of nitrogens with zero attached hydrogens (tertiary/aromatic N) is 6. The molecule has 25 heavy (non-hydrogen) atoms. The molecule has 2 N–H and O–H groups in total. The van der Waals surface area contributed by atoms with Gasteiger partial charge in [0.25, 0.3) is 5.91 Å². The molecule has 1 fully saturated rings. The Hall–Kier alpha value is -2.59. The van der Waals surface area contributed by atoms with Crippen LogP contribution < -0.4 is 5.32 Å². The molecule has 0 aromatic carbocycles. The second kappa shape index (κ2) is 6.73. The maximum atomic E-state index is 12.3. The van der Waals surface area contributed by atoms with Gasteiger partial charge >= 0.3 is 5.97 Å². The van der Waals surface area contributed by atoms with Crippen LogP contribution in [-0.4, -0.2) is 65.2 Å². The summed E-state index contributed by atoms with van der Waals surface area (Å²) in [7, 11) is 1.62. The van der Waals surface area contributed by atoms with Gasteiger partial charge in [0.15, 0.2) is 0 Å². The Balaban J connectivity index is 1.83. The maximum Gasteiger partial charge on any atom is 0.353 e.